The van der Waals surface area contributed by atoms with E-state index in [0.717, 1.165) is 18.1 Å². The maximum absolute atomic E-state index is 5.06. The van der Waals surface area contributed by atoms with Gasteiger partial charge in [0.2, 0.25) is 0 Å². The molecule has 0 spiro atoms. The summed E-state index contributed by atoms with van der Waals surface area (Å²) in [6.45, 7) is 2.21. The van der Waals surface area contributed by atoms with E-state index in [2.05, 4.69) is 25.2 Å². The Morgan fingerprint density at radius 2 is 2.50 bits per heavy atom. The zero-order chi connectivity index (χ0) is 7.40. The van der Waals surface area contributed by atoms with Crippen molar-refractivity contribution >= 4 is 0 Å². The first kappa shape index (κ1) is 7.39. The molecule has 1 aliphatic carbocycles. The van der Waals surface area contributed by atoms with E-state index in [1.54, 1.807) is 7.11 Å². The zero-order valence-corrected chi connectivity index (χ0v) is 6.63. The molecule has 0 aromatic heterocycles. The fourth-order valence-corrected chi connectivity index (χ4v) is 1.10. The van der Waals surface area contributed by atoms with Crippen LogP contribution in [0, 0.1) is 5.92 Å². The van der Waals surface area contributed by atoms with Gasteiger partial charge in [-0.15, -0.1) is 0 Å². The fourth-order valence-electron chi connectivity index (χ4n) is 1.10. The van der Waals surface area contributed by atoms with Crippen LogP contribution in [0.5, 0.6) is 0 Å². The van der Waals surface area contributed by atoms with Crippen molar-refractivity contribution in [1.29, 1.82) is 0 Å². The number of allylic oxidation sites excluding steroid dienone is 3. The van der Waals surface area contributed by atoms with Gasteiger partial charge >= 0.3 is 0 Å². The summed E-state index contributed by atoms with van der Waals surface area (Å²) in [5, 5.41) is 0. The number of rotatable bonds is 2. The van der Waals surface area contributed by atoms with Crippen LogP contribution in [-0.4, -0.2) is 7.11 Å². The highest BCUT2D eigenvalue weighted by molar-refractivity contribution is 5.17. The topological polar surface area (TPSA) is 9.23 Å². The van der Waals surface area contributed by atoms with Crippen molar-refractivity contribution < 1.29 is 4.74 Å². The second-order valence-electron chi connectivity index (χ2n) is 2.57. The molecule has 0 aromatic rings. The lowest BCUT2D eigenvalue weighted by Crippen LogP contribution is -1.98. The molecule has 0 saturated carbocycles. The first-order valence-electron chi connectivity index (χ1n) is 3.79. The van der Waals surface area contributed by atoms with Gasteiger partial charge in [-0.3, -0.25) is 0 Å². The van der Waals surface area contributed by atoms with Crippen molar-refractivity contribution in [3.63, 3.8) is 0 Å². The molecular weight excluding hydrogens is 124 g/mol. The fraction of sp³-hybridized carbons (Fsp3) is 0.556. The molecule has 0 radical (unpaired) electrons. The summed E-state index contributed by atoms with van der Waals surface area (Å²) in [6.07, 6.45) is 8.78. The average molecular weight is 138 g/mol. The zero-order valence-electron chi connectivity index (χ0n) is 6.63. The molecule has 0 heterocycles. The predicted molar refractivity (Wildman–Crippen MR) is 42.6 cm³/mol. The van der Waals surface area contributed by atoms with E-state index in [1.807, 2.05) is 0 Å². The number of ether oxygens (including phenoxy) is 1. The lowest BCUT2D eigenvalue weighted by atomic mass is 9.98. The smallest absolute Gasteiger partial charge is 0.114 e. The maximum atomic E-state index is 5.06. The maximum Gasteiger partial charge on any atom is 0.114 e. The summed E-state index contributed by atoms with van der Waals surface area (Å²) in [7, 11) is 1.71. The highest BCUT2D eigenvalue weighted by Gasteiger charge is 2.05. The van der Waals surface area contributed by atoms with Crippen molar-refractivity contribution in [2.24, 2.45) is 5.92 Å². The Morgan fingerprint density at radius 3 is 2.90 bits per heavy atom. The number of methoxy groups -OCH3 is 1. The van der Waals surface area contributed by atoms with Gasteiger partial charge in [0.05, 0.1) is 7.11 Å². The normalized spacial score (nSPS) is 24.2. The van der Waals surface area contributed by atoms with Crippen LogP contribution in [0.1, 0.15) is 19.8 Å². The predicted octanol–water partition coefficient (Wildman–Crippen LogP) is 2.50. The molecule has 0 saturated heterocycles. The standard InChI is InChI=1S/C9H14O/c1-3-8-4-6-9(10-2)7-5-8/h4,6-8H,3,5H2,1-2H3. The van der Waals surface area contributed by atoms with E-state index in [9.17, 15) is 0 Å². The third-order valence-electron chi connectivity index (χ3n) is 1.91. The van der Waals surface area contributed by atoms with Gasteiger partial charge in [0.1, 0.15) is 5.76 Å². The van der Waals surface area contributed by atoms with E-state index in [0.29, 0.717) is 0 Å². The van der Waals surface area contributed by atoms with Crippen LogP contribution >= 0.6 is 0 Å². The molecule has 1 rings (SSSR count). The lowest BCUT2D eigenvalue weighted by Gasteiger charge is -2.12. The number of hydrogen-bond acceptors (Lipinski definition) is 1. The summed E-state index contributed by atoms with van der Waals surface area (Å²) >= 11 is 0. The SMILES string of the molecule is CCC1C=CC(OC)=CC1. The largest absolute Gasteiger partial charge is 0.497 e. The van der Waals surface area contributed by atoms with Gasteiger partial charge in [0.25, 0.3) is 0 Å². The van der Waals surface area contributed by atoms with E-state index in [4.69, 9.17) is 4.74 Å². The number of hydrogen-bond donors (Lipinski definition) is 0. The molecule has 0 N–H and O–H groups in total. The van der Waals surface area contributed by atoms with Gasteiger partial charge in [0.15, 0.2) is 0 Å². The van der Waals surface area contributed by atoms with Gasteiger partial charge < -0.3 is 4.74 Å². The quantitative estimate of drug-likeness (QED) is 0.569. The molecule has 1 unspecified atom stereocenters. The van der Waals surface area contributed by atoms with E-state index in [-0.39, 0.29) is 0 Å². The second kappa shape index (κ2) is 3.45. The summed E-state index contributed by atoms with van der Waals surface area (Å²) in [5.41, 5.74) is 0. The van der Waals surface area contributed by atoms with Gasteiger partial charge in [-0.05, 0) is 30.9 Å². The lowest BCUT2D eigenvalue weighted by molar-refractivity contribution is 0.301. The Hall–Kier alpha value is -0.720. The second-order valence-corrected chi connectivity index (χ2v) is 2.57. The van der Waals surface area contributed by atoms with Gasteiger partial charge in [-0.1, -0.05) is 13.0 Å². The van der Waals surface area contributed by atoms with Crippen molar-refractivity contribution in [2.45, 2.75) is 19.8 Å². The summed E-state index contributed by atoms with van der Waals surface area (Å²) in [4.78, 5) is 0. The summed E-state index contributed by atoms with van der Waals surface area (Å²) < 4.78 is 5.06. The van der Waals surface area contributed by atoms with E-state index < -0.39 is 0 Å². The minimum absolute atomic E-state index is 0.735. The van der Waals surface area contributed by atoms with E-state index in [1.165, 1.54) is 6.42 Å². The molecule has 0 aliphatic heterocycles. The van der Waals surface area contributed by atoms with Gasteiger partial charge in [-0.25, -0.2) is 0 Å². The first-order chi connectivity index (χ1) is 4.86. The molecule has 0 aromatic carbocycles. The molecule has 10 heavy (non-hydrogen) atoms. The van der Waals surface area contributed by atoms with Gasteiger partial charge in [0, 0.05) is 0 Å². The molecule has 1 aliphatic rings. The Kier molecular flexibility index (Phi) is 2.55. The van der Waals surface area contributed by atoms with Crippen molar-refractivity contribution in [2.75, 3.05) is 7.11 Å². The molecule has 0 bridgehead atoms. The van der Waals surface area contributed by atoms with Crippen LogP contribution in [0.15, 0.2) is 24.0 Å². The third kappa shape index (κ3) is 1.63. The van der Waals surface area contributed by atoms with Crippen LogP contribution in [0.3, 0.4) is 0 Å². The Balaban J connectivity index is 2.46. The Morgan fingerprint density at radius 1 is 1.70 bits per heavy atom. The molecule has 56 valence electrons. The highest BCUT2D eigenvalue weighted by atomic mass is 16.5. The van der Waals surface area contributed by atoms with Crippen molar-refractivity contribution in [3.05, 3.63) is 24.0 Å². The van der Waals surface area contributed by atoms with Crippen LogP contribution in [-0.2, 0) is 4.74 Å². The Labute approximate surface area is 62.4 Å². The summed E-state index contributed by atoms with van der Waals surface area (Å²) in [6, 6.07) is 0. The minimum atomic E-state index is 0.735. The molecule has 1 atom stereocenters. The molecular formula is C9H14O. The van der Waals surface area contributed by atoms with Crippen LogP contribution in [0.4, 0.5) is 0 Å². The average Bonchev–Trinajstić information content (AvgIpc) is 2.05. The molecule has 0 amide bonds. The van der Waals surface area contributed by atoms with Crippen LogP contribution < -0.4 is 0 Å². The van der Waals surface area contributed by atoms with Crippen molar-refractivity contribution in [3.8, 4) is 0 Å². The van der Waals surface area contributed by atoms with Gasteiger partial charge in [-0.2, -0.15) is 0 Å². The monoisotopic (exact) mass is 138 g/mol. The van der Waals surface area contributed by atoms with Crippen LogP contribution in [0.2, 0.25) is 0 Å². The molecule has 0 fully saturated rings. The first-order valence-corrected chi connectivity index (χ1v) is 3.79. The Bertz CT molecular complexity index is 156. The molecule has 1 heteroatoms. The minimum Gasteiger partial charge on any atom is -0.497 e. The molecule has 1 nitrogen and oxygen atoms in total. The van der Waals surface area contributed by atoms with E-state index >= 15 is 0 Å². The van der Waals surface area contributed by atoms with Crippen LogP contribution in [0.25, 0.3) is 0 Å². The summed E-state index contributed by atoms with van der Waals surface area (Å²) in [5.74, 6) is 1.74. The van der Waals surface area contributed by atoms with Crippen molar-refractivity contribution in [1.82, 2.24) is 0 Å². The highest BCUT2D eigenvalue weighted by Crippen LogP contribution is 2.18. The third-order valence-corrected chi connectivity index (χ3v) is 1.91.